The highest BCUT2D eigenvalue weighted by atomic mass is 35.5. The molecule has 0 aromatic heterocycles. The van der Waals surface area contributed by atoms with Crippen LogP contribution in [0.25, 0.3) is 11.1 Å². The number of sulfonamides is 1. The standard InChI is InChI=1S/C24H20ClF2NO5S/c1-14-3-2-4-18(9-14)34(31,32)28-13-17(6-8-23(29)30)33-22-7-5-15(10-21(22)28)19-11-16(26)12-20(25)24(19)27/h2-5,7,9-12,17H,6,8,13H2,1H3,(H,29,30)/t17-/m0/s1. The van der Waals surface area contributed by atoms with E-state index in [-0.39, 0.29) is 46.8 Å². The minimum Gasteiger partial charge on any atom is -0.486 e. The molecule has 1 atom stereocenters. The maximum atomic E-state index is 14.7. The molecule has 0 bridgehead atoms. The number of benzene rings is 3. The SMILES string of the molecule is Cc1cccc(S(=O)(=O)N2C[C@H](CCC(=O)O)Oc3ccc(-c4cc(F)cc(Cl)c4F)cc32)c1. The predicted octanol–water partition coefficient (Wildman–Crippen LogP) is 5.41. The highest BCUT2D eigenvalue weighted by Crippen LogP contribution is 2.41. The van der Waals surface area contributed by atoms with Crippen molar-refractivity contribution in [2.45, 2.75) is 30.8 Å². The number of fused-ring (bicyclic) bond motifs is 1. The van der Waals surface area contributed by atoms with Crippen molar-refractivity contribution in [2.75, 3.05) is 10.8 Å². The van der Waals surface area contributed by atoms with E-state index in [0.717, 1.165) is 22.0 Å². The summed E-state index contributed by atoms with van der Waals surface area (Å²) < 4.78 is 62.8. The van der Waals surface area contributed by atoms with Crippen LogP contribution < -0.4 is 9.04 Å². The molecule has 34 heavy (non-hydrogen) atoms. The third kappa shape index (κ3) is 4.71. The maximum Gasteiger partial charge on any atom is 0.303 e. The van der Waals surface area contributed by atoms with E-state index in [2.05, 4.69) is 0 Å². The Kier molecular flexibility index (Phi) is 6.51. The van der Waals surface area contributed by atoms with Crippen LogP contribution in [0.2, 0.25) is 5.02 Å². The number of aliphatic carboxylic acids is 1. The number of carboxylic acid groups (broad SMARTS) is 1. The lowest BCUT2D eigenvalue weighted by Gasteiger charge is -2.35. The molecule has 0 amide bonds. The number of anilines is 1. The van der Waals surface area contributed by atoms with Crippen LogP contribution in [0.15, 0.2) is 59.5 Å². The van der Waals surface area contributed by atoms with E-state index in [0.29, 0.717) is 0 Å². The van der Waals surface area contributed by atoms with Crippen molar-refractivity contribution in [1.29, 1.82) is 0 Å². The van der Waals surface area contributed by atoms with Crippen molar-refractivity contribution in [3.05, 3.63) is 76.8 Å². The summed E-state index contributed by atoms with van der Waals surface area (Å²) in [6, 6.07) is 12.5. The summed E-state index contributed by atoms with van der Waals surface area (Å²) in [4.78, 5) is 11.1. The lowest BCUT2D eigenvalue weighted by atomic mass is 10.0. The van der Waals surface area contributed by atoms with E-state index in [1.165, 1.54) is 30.3 Å². The Bertz CT molecular complexity index is 1380. The zero-order valence-electron chi connectivity index (χ0n) is 18.0. The number of halogens is 3. The van der Waals surface area contributed by atoms with Gasteiger partial charge in [0.2, 0.25) is 0 Å². The smallest absolute Gasteiger partial charge is 0.303 e. The number of ether oxygens (including phenoxy) is 1. The Morgan fingerprint density at radius 3 is 2.65 bits per heavy atom. The minimum absolute atomic E-state index is 0.0442. The first-order chi connectivity index (χ1) is 16.1. The van der Waals surface area contributed by atoms with E-state index in [4.69, 9.17) is 21.4 Å². The molecular formula is C24H20ClF2NO5S. The van der Waals surface area contributed by atoms with Crippen molar-refractivity contribution in [1.82, 2.24) is 0 Å². The van der Waals surface area contributed by atoms with E-state index < -0.39 is 38.8 Å². The number of carbonyl (C=O) groups is 1. The molecule has 3 aromatic rings. The molecule has 0 radical (unpaired) electrons. The first-order valence-corrected chi connectivity index (χ1v) is 12.1. The van der Waals surface area contributed by atoms with Gasteiger partial charge in [0.05, 0.1) is 22.2 Å². The molecule has 1 aliphatic heterocycles. The Morgan fingerprint density at radius 2 is 1.94 bits per heavy atom. The Balaban J connectivity index is 1.84. The molecule has 4 rings (SSSR count). The quantitative estimate of drug-likeness (QED) is 0.451. The fourth-order valence-corrected chi connectivity index (χ4v) is 5.62. The van der Waals surface area contributed by atoms with Gasteiger partial charge in [-0.3, -0.25) is 9.10 Å². The largest absolute Gasteiger partial charge is 0.486 e. The second kappa shape index (κ2) is 9.23. The third-order valence-corrected chi connectivity index (χ3v) is 7.50. The summed E-state index contributed by atoms with van der Waals surface area (Å²) >= 11 is 5.79. The molecular weight excluding hydrogens is 488 g/mol. The first-order valence-electron chi connectivity index (χ1n) is 10.3. The van der Waals surface area contributed by atoms with Gasteiger partial charge in [-0.05, 0) is 60.9 Å². The zero-order valence-corrected chi connectivity index (χ0v) is 19.5. The highest BCUT2D eigenvalue weighted by Gasteiger charge is 2.35. The third-order valence-electron chi connectivity index (χ3n) is 5.45. The molecule has 1 N–H and O–H groups in total. The second-order valence-corrected chi connectivity index (χ2v) is 10.2. The van der Waals surface area contributed by atoms with Gasteiger partial charge >= 0.3 is 5.97 Å². The van der Waals surface area contributed by atoms with Gasteiger partial charge in [0.25, 0.3) is 10.0 Å². The Labute approximate surface area is 200 Å². The average Bonchev–Trinajstić information content (AvgIpc) is 2.79. The topological polar surface area (TPSA) is 83.9 Å². The summed E-state index contributed by atoms with van der Waals surface area (Å²) in [6.45, 7) is 1.61. The first kappa shape index (κ1) is 24.0. The number of nitrogens with zero attached hydrogens (tertiary/aromatic N) is 1. The molecule has 1 heterocycles. The molecule has 0 unspecified atom stereocenters. The maximum absolute atomic E-state index is 14.7. The van der Waals surface area contributed by atoms with Crippen LogP contribution in [0.5, 0.6) is 5.75 Å². The molecule has 0 aliphatic carbocycles. The van der Waals surface area contributed by atoms with Crippen LogP contribution >= 0.6 is 11.6 Å². The molecule has 178 valence electrons. The second-order valence-electron chi connectivity index (χ2n) is 7.96. The summed E-state index contributed by atoms with van der Waals surface area (Å²) in [5.74, 6) is -2.43. The fourth-order valence-electron chi connectivity index (χ4n) is 3.81. The number of aryl methyl sites for hydroxylation is 1. The summed E-state index contributed by atoms with van der Waals surface area (Å²) in [5, 5.41) is 8.64. The number of rotatable bonds is 6. The number of hydrogen-bond donors (Lipinski definition) is 1. The summed E-state index contributed by atoms with van der Waals surface area (Å²) in [5.41, 5.74) is 0.941. The number of hydrogen-bond acceptors (Lipinski definition) is 4. The van der Waals surface area contributed by atoms with Gasteiger partial charge in [-0.1, -0.05) is 29.8 Å². The number of carboxylic acids is 1. The van der Waals surface area contributed by atoms with Crippen molar-refractivity contribution in [2.24, 2.45) is 0 Å². The summed E-state index contributed by atoms with van der Waals surface area (Å²) in [7, 11) is -4.08. The van der Waals surface area contributed by atoms with Crippen LogP contribution in [0, 0.1) is 18.6 Å². The minimum atomic E-state index is -4.08. The Morgan fingerprint density at radius 1 is 1.18 bits per heavy atom. The molecule has 1 aliphatic rings. The van der Waals surface area contributed by atoms with Crippen LogP contribution in [0.1, 0.15) is 18.4 Å². The predicted molar refractivity (Wildman–Crippen MR) is 124 cm³/mol. The normalized spacial score (nSPS) is 15.5. The molecule has 6 nitrogen and oxygen atoms in total. The zero-order chi connectivity index (χ0) is 24.6. The average molecular weight is 508 g/mol. The van der Waals surface area contributed by atoms with E-state index in [9.17, 15) is 22.0 Å². The Hall–Kier alpha value is -3.17. The molecule has 0 fully saturated rings. The van der Waals surface area contributed by atoms with Gasteiger partial charge in [-0.15, -0.1) is 0 Å². The lowest BCUT2D eigenvalue weighted by molar-refractivity contribution is -0.137. The molecule has 10 heteroatoms. The molecule has 0 spiro atoms. The van der Waals surface area contributed by atoms with Gasteiger partial charge in [-0.25, -0.2) is 17.2 Å². The van der Waals surface area contributed by atoms with Gasteiger partial charge < -0.3 is 9.84 Å². The molecule has 3 aromatic carbocycles. The van der Waals surface area contributed by atoms with Gasteiger partial charge in [0, 0.05) is 12.0 Å². The van der Waals surface area contributed by atoms with Crippen molar-refractivity contribution < 1.29 is 31.8 Å². The monoisotopic (exact) mass is 507 g/mol. The van der Waals surface area contributed by atoms with E-state index in [1.54, 1.807) is 19.1 Å². The van der Waals surface area contributed by atoms with E-state index >= 15 is 0 Å². The fraction of sp³-hybridized carbons (Fsp3) is 0.208. The van der Waals surface area contributed by atoms with Crippen molar-refractivity contribution in [3.63, 3.8) is 0 Å². The van der Waals surface area contributed by atoms with Crippen molar-refractivity contribution in [3.8, 4) is 16.9 Å². The van der Waals surface area contributed by atoms with Crippen molar-refractivity contribution >= 4 is 33.3 Å². The summed E-state index contributed by atoms with van der Waals surface area (Å²) in [6.07, 6.45) is -0.831. The van der Waals surface area contributed by atoms with Crippen LogP contribution in [-0.4, -0.2) is 32.1 Å². The van der Waals surface area contributed by atoms with Crippen LogP contribution in [0.4, 0.5) is 14.5 Å². The van der Waals surface area contributed by atoms with Gasteiger partial charge in [-0.2, -0.15) is 0 Å². The molecule has 0 saturated heterocycles. The lowest BCUT2D eigenvalue weighted by Crippen LogP contribution is -2.43. The van der Waals surface area contributed by atoms with Crippen LogP contribution in [-0.2, 0) is 14.8 Å². The molecule has 0 saturated carbocycles. The van der Waals surface area contributed by atoms with Gasteiger partial charge in [0.1, 0.15) is 23.5 Å². The van der Waals surface area contributed by atoms with Crippen LogP contribution in [0.3, 0.4) is 0 Å². The van der Waals surface area contributed by atoms with Gasteiger partial charge in [0.15, 0.2) is 0 Å². The van der Waals surface area contributed by atoms with E-state index in [1.807, 2.05) is 0 Å². The highest BCUT2D eigenvalue weighted by molar-refractivity contribution is 7.92.